The number of aryl methyl sites for hydroxylation is 2. The number of benzene rings is 3. The molecule has 0 aliphatic carbocycles. The molecule has 2 amide bonds. The Hall–Kier alpha value is -4.11. The predicted molar refractivity (Wildman–Crippen MR) is 141 cm³/mol. The SMILES string of the molecule is Cc1c(-c2cccc(NC(=O)C(=O)N3CCc4cc(Br)ccc43)c2)n(C)c2cc(O)c(C(=O)O)cc12. The van der Waals surface area contributed by atoms with E-state index in [-0.39, 0.29) is 11.3 Å². The summed E-state index contributed by atoms with van der Waals surface area (Å²) in [7, 11) is 1.82. The van der Waals surface area contributed by atoms with Gasteiger partial charge in [0.1, 0.15) is 11.3 Å². The van der Waals surface area contributed by atoms with Crippen molar-refractivity contribution in [2.45, 2.75) is 13.3 Å². The fourth-order valence-electron chi connectivity index (χ4n) is 4.87. The van der Waals surface area contributed by atoms with E-state index in [1.54, 1.807) is 18.2 Å². The first-order chi connectivity index (χ1) is 17.2. The molecule has 0 saturated carbocycles. The molecular formula is C27H22BrN3O5. The minimum atomic E-state index is -1.21. The van der Waals surface area contributed by atoms with Crippen LogP contribution in [0.15, 0.2) is 59.1 Å². The highest BCUT2D eigenvalue weighted by molar-refractivity contribution is 9.10. The minimum absolute atomic E-state index is 0.168. The summed E-state index contributed by atoms with van der Waals surface area (Å²) in [6, 6.07) is 15.6. The van der Waals surface area contributed by atoms with Crippen LogP contribution in [0.3, 0.4) is 0 Å². The zero-order chi connectivity index (χ0) is 25.7. The van der Waals surface area contributed by atoms with E-state index in [1.165, 1.54) is 17.0 Å². The van der Waals surface area contributed by atoms with Gasteiger partial charge in [-0.25, -0.2) is 4.79 Å². The normalized spacial score (nSPS) is 12.6. The highest BCUT2D eigenvalue weighted by Gasteiger charge is 2.29. The zero-order valence-corrected chi connectivity index (χ0v) is 21.1. The van der Waals surface area contributed by atoms with E-state index in [4.69, 9.17) is 0 Å². The summed E-state index contributed by atoms with van der Waals surface area (Å²) in [5.41, 5.74) is 5.11. The van der Waals surface area contributed by atoms with Crippen molar-refractivity contribution in [3.63, 3.8) is 0 Å². The maximum atomic E-state index is 12.9. The zero-order valence-electron chi connectivity index (χ0n) is 19.5. The summed E-state index contributed by atoms with van der Waals surface area (Å²) < 4.78 is 2.79. The number of anilines is 2. The number of aromatic carboxylic acids is 1. The lowest BCUT2D eigenvalue weighted by Gasteiger charge is -2.17. The molecule has 0 spiro atoms. The molecule has 1 aromatic heterocycles. The van der Waals surface area contributed by atoms with Crippen molar-refractivity contribution in [3.05, 3.63) is 75.8 Å². The number of carboxylic acids is 1. The van der Waals surface area contributed by atoms with Gasteiger partial charge in [-0.1, -0.05) is 28.1 Å². The largest absolute Gasteiger partial charge is 0.507 e. The van der Waals surface area contributed by atoms with Crippen molar-refractivity contribution in [1.29, 1.82) is 0 Å². The van der Waals surface area contributed by atoms with Gasteiger partial charge < -0.3 is 25.0 Å². The summed E-state index contributed by atoms with van der Waals surface area (Å²) in [6.07, 6.45) is 0.683. The molecule has 3 aromatic carbocycles. The van der Waals surface area contributed by atoms with Gasteiger partial charge in [0.05, 0.1) is 11.2 Å². The third kappa shape index (κ3) is 3.91. The second-order valence-corrected chi connectivity index (χ2v) is 9.65. The average molecular weight is 548 g/mol. The second kappa shape index (κ2) is 8.83. The summed E-state index contributed by atoms with van der Waals surface area (Å²) in [6.45, 7) is 2.32. The van der Waals surface area contributed by atoms with Crippen LogP contribution in [0.4, 0.5) is 11.4 Å². The topological polar surface area (TPSA) is 112 Å². The van der Waals surface area contributed by atoms with E-state index < -0.39 is 17.8 Å². The Kier molecular flexibility index (Phi) is 5.80. The first-order valence-corrected chi connectivity index (χ1v) is 12.0. The van der Waals surface area contributed by atoms with Crippen molar-refractivity contribution in [2.75, 3.05) is 16.8 Å². The molecule has 8 nitrogen and oxygen atoms in total. The molecule has 0 saturated heterocycles. The lowest BCUT2D eigenvalue weighted by molar-refractivity contribution is -0.134. The summed E-state index contributed by atoms with van der Waals surface area (Å²) in [5.74, 6) is -2.87. The molecule has 36 heavy (non-hydrogen) atoms. The van der Waals surface area contributed by atoms with E-state index >= 15 is 0 Å². The molecule has 0 bridgehead atoms. The van der Waals surface area contributed by atoms with Gasteiger partial charge in [-0.2, -0.15) is 0 Å². The molecule has 0 atom stereocenters. The van der Waals surface area contributed by atoms with Crippen molar-refractivity contribution in [1.82, 2.24) is 4.57 Å². The number of aromatic hydroxyl groups is 1. The van der Waals surface area contributed by atoms with Crippen LogP contribution in [0.2, 0.25) is 0 Å². The van der Waals surface area contributed by atoms with Gasteiger partial charge in [-0.3, -0.25) is 9.59 Å². The number of nitrogens with one attached hydrogen (secondary N) is 1. The number of halogens is 1. The first kappa shape index (κ1) is 23.6. The maximum absolute atomic E-state index is 12.9. The molecule has 2 heterocycles. The van der Waals surface area contributed by atoms with E-state index in [0.717, 1.165) is 32.5 Å². The fourth-order valence-corrected chi connectivity index (χ4v) is 5.28. The number of hydrogen-bond acceptors (Lipinski definition) is 4. The van der Waals surface area contributed by atoms with Crippen LogP contribution >= 0.6 is 15.9 Å². The molecule has 5 rings (SSSR count). The number of hydrogen-bond donors (Lipinski definition) is 3. The number of carbonyl (C=O) groups is 3. The highest BCUT2D eigenvalue weighted by Crippen LogP contribution is 2.36. The van der Waals surface area contributed by atoms with E-state index in [9.17, 15) is 24.6 Å². The van der Waals surface area contributed by atoms with E-state index in [0.29, 0.717) is 29.6 Å². The van der Waals surface area contributed by atoms with Gasteiger partial charge in [-0.15, -0.1) is 0 Å². The quantitative estimate of drug-likeness (QED) is 0.317. The number of nitrogens with zero attached hydrogens (tertiary/aromatic N) is 2. The Labute approximate surface area is 214 Å². The van der Waals surface area contributed by atoms with E-state index in [2.05, 4.69) is 21.2 Å². The van der Waals surface area contributed by atoms with Crippen LogP contribution in [-0.4, -0.2) is 39.1 Å². The third-order valence-corrected chi connectivity index (χ3v) is 7.06. The fraction of sp³-hybridized carbons (Fsp3) is 0.148. The molecule has 1 aliphatic heterocycles. The number of phenols is 1. The molecule has 0 radical (unpaired) electrons. The van der Waals surface area contributed by atoms with Crippen LogP contribution in [0.25, 0.3) is 22.2 Å². The van der Waals surface area contributed by atoms with Crippen molar-refractivity contribution in [3.8, 4) is 17.0 Å². The van der Waals surface area contributed by atoms with Crippen LogP contribution in [-0.2, 0) is 23.1 Å². The summed E-state index contributed by atoms with van der Waals surface area (Å²) in [4.78, 5) is 38.7. The summed E-state index contributed by atoms with van der Waals surface area (Å²) in [5, 5.41) is 22.9. The van der Waals surface area contributed by atoms with Crippen LogP contribution < -0.4 is 10.2 Å². The van der Waals surface area contributed by atoms with Gasteiger partial charge in [-0.05, 0) is 60.9 Å². The predicted octanol–water partition coefficient (Wildman–Crippen LogP) is 4.85. The number of rotatable bonds is 3. The molecule has 3 N–H and O–H groups in total. The molecule has 9 heteroatoms. The maximum Gasteiger partial charge on any atom is 0.339 e. The number of fused-ring (bicyclic) bond motifs is 2. The third-order valence-electron chi connectivity index (χ3n) is 6.57. The van der Waals surface area contributed by atoms with E-state index in [1.807, 2.05) is 42.8 Å². The Balaban J connectivity index is 1.44. The standard InChI is InChI=1S/C27H22BrN3O5/c1-14-19-12-20(27(35)36)23(32)13-22(19)30(2)24(14)16-4-3-5-18(11-16)29-25(33)26(34)31-9-8-15-10-17(28)6-7-21(15)31/h3-7,10-13,32H,8-9H2,1-2H3,(H,29,33)(H,35,36). The molecule has 4 aromatic rings. The number of carbonyl (C=O) groups excluding carboxylic acids is 2. The number of amides is 2. The second-order valence-electron chi connectivity index (χ2n) is 8.74. The molecule has 0 fully saturated rings. The van der Waals surface area contributed by atoms with Crippen LogP contribution in [0, 0.1) is 6.92 Å². The lowest BCUT2D eigenvalue weighted by Crippen LogP contribution is -2.38. The first-order valence-electron chi connectivity index (χ1n) is 11.2. The molecule has 1 aliphatic rings. The Bertz CT molecular complexity index is 1590. The van der Waals surface area contributed by atoms with Crippen LogP contribution in [0.5, 0.6) is 5.75 Å². The van der Waals surface area contributed by atoms with Gasteiger partial charge >= 0.3 is 17.8 Å². The lowest BCUT2D eigenvalue weighted by atomic mass is 10.0. The average Bonchev–Trinajstić information content (AvgIpc) is 3.36. The Morgan fingerprint density at radius 3 is 2.58 bits per heavy atom. The Morgan fingerprint density at radius 2 is 1.83 bits per heavy atom. The molecule has 182 valence electrons. The Morgan fingerprint density at radius 1 is 1.06 bits per heavy atom. The van der Waals surface area contributed by atoms with Crippen molar-refractivity contribution >= 4 is 56.0 Å². The molecule has 0 unspecified atom stereocenters. The monoisotopic (exact) mass is 547 g/mol. The van der Waals surface area contributed by atoms with Crippen LogP contribution in [0.1, 0.15) is 21.5 Å². The van der Waals surface area contributed by atoms with Gasteiger partial charge in [0.15, 0.2) is 0 Å². The minimum Gasteiger partial charge on any atom is -0.507 e. The van der Waals surface area contributed by atoms with Crippen molar-refractivity contribution in [2.24, 2.45) is 7.05 Å². The van der Waals surface area contributed by atoms with Gasteiger partial charge in [0.2, 0.25) is 0 Å². The molecular weight excluding hydrogens is 526 g/mol. The summed E-state index contributed by atoms with van der Waals surface area (Å²) >= 11 is 3.43. The van der Waals surface area contributed by atoms with Gasteiger partial charge in [0.25, 0.3) is 0 Å². The van der Waals surface area contributed by atoms with Crippen molar-refractivity contribution < 1.29 is 24.6 Å². The van der Waals surface area contributed by atoms with Gasteiger partial charge in [0, 0.05) is 46.5 Å². The number of carboxylic acid groups (broad SMARTS) is 1. The number of aromatic nitrogens is 1. The highest BCUT2D eigenvalue weighted by atomic mass is 79.9. The smallest absolute Gasteiger partial charge is 0.339 e.